The highest BCUT2D eigenvalue weighted by atomic mass is 32.2. The molecule has 2 heterocycles. The van der Waals surface area contributed by atoms with Crippen LogP contribution in [0.1, 0.15) is 5.69 Å². The monoisotopic (exact) mass is 317 g/mol. The molecule has 0 saturated carbocycles. The van der Waals surface area contributed by atoms with Crippen LogP contribution in [0.5, 0.6) is 11.5 Å². The van der Waals surface area contributed by atoms with Gasteiger partial charge in [0.2, 0.25) is 0 Å². The number of imidazole rings is 1. The van der Waals surface area contributed by atoms with Crippen LogP contribution in [0.3, 0.4) is 0 Å². The molecule has 0 aliphatic carbocycles. The highest BCUT2D eigenvalue weighted by molar-refractivity contribution is 7.84. The topological polar surface area (TPSA) is 77.1 Å². The van der Waals surface area contributed by atoms with Crippen LogP contribution < -0.4 is 9.47 Å². The molecule has 3 rings (SSSR count). The van der Waals surface area contributed by atoms with Crippen LogP contribution in [0.25, 0.3) is 11.0 Å². The maximum absolute atomic E-state index is 12.5. The molecule has 0 amide bonds. The molecule has 1 atom stereocenters. The zero-order valence-corrected chi connectivity index (χ0v) is 13.0. The molecule has 0 aliphatic heterocycles. The largest absolute Gasteiger partial charge is 0.493 e. The number of nitrogens with one attached hydrogen (secondary N) is 1. The van der Waals surface area contributed by atoms with Crippen molar-refractivity contribution in [2.45, 2.75) is 10.9 Å². The van der Waals surface area contributed by atoms with E-state index in [1.807, 2.05) is 24.3 Å². The van der Waals surface area contributed by atoms with Crippen LogP contribution in [-0.2, 0) is 16.6 Å². The van der Waals surface area contributed by atoms with E-state index in [1.165, 1.54) is 7.11 Å². The van der Waals surface area contributed by atoms with Gasteiger partial charge in [-0.05, 0) is 12.1 Å². The molecule has 0 radical (unpaired) electrons. The molecule has 114 valence electrons. The minimum atomic E-state index is -1.35. The van der Waals surface area contributed by atoms with E-state index in [0.717, 1.165) is 11.0 Å². The Morgan fingerprint density at radius 2 is 2.00 bits per heavy atom. The number of ether oxygens (including phenoxy) is 2. The molecule has 1 aromatic carbocycles. The molecule has 0 fully saturated rings. The van der Waals surface area contributed by atoms with E-state index in [1.54, 1.807) is 19.4 Å². The SMILES string of the molecule is COc1ccnc(C[S@@](=O)c2nc3ccccc3[nH]2)c1OC. The Labute approximate surface area is 130 Å². The highest BCUT2D eigenvalue weighted by Gasteiger charge is 2.17. The Bertz CT molecular complexity index is 799. The lowest BCUT2D eigenvalue weighted by Gasteiger charge is -2.10. The number of H-pyrrole nitrogens is 1. The summed E-state index contributed by atoms with van der Waals surface area (Å²) in [5.74, 6) is 1.25. The van der Waals surface area contributed by atoms with Gasteiger partial charge in [-0.25, -0.2) is 4.98 Å². The van der Waals surface area contributed by atoms with Gasteiger partial charge in [-0.2, -0.15) is 0 Å². The number of benzene rings is 1. The van der Waals surface area contributed by atoms with Crippen LogP contribution in [-0.4, -0.2) is 33.4 Å². The van der Waals surface area contributed by atoms with Crippen LogP contribution in [0.4, 0.5) is 0 Å². The minimum absolute atomic E-state index is 0.195. The molecule has 0 saturated heterocycles. The molecule has 7 heteroatoms. The fraction of sp³-hybridized carbons (Fsp3) is 0.200. The van der Waals surface area contributed by atoms with Crippen LogP contribution >= 0.6 is 0 Å². The van der Waals surface area contributed by atoms with Gasteiger partial charge >= 0.3 is 0 Å². The van der Waals surface area contributed by atoms with Crippen molar-refractivity contribution >= 4 is 21.8 Å². The molecule has 0 aliphatic rings. The van der Waals surface area contributed by atoms with Gasteiger partial charge in [0.05, 0.1) is 47.5 Å². The quantitative estimate of drug-likeness (QED) is 0.781. The standard InChI is InChI=1S/C15H15N3O3S/c1-20-13-7-8-16-12(14(13)21-2)9-22(19)15-17-10-5-3-4-6-11(10)18-15/h3-8H,9H2,1-2H3,(H,17,18)/t22-/m1/s1. The third-order valence-electron chi connectivity index (χ3n) is 3.22. The van der Waals surface area contributed by atoms with Crippen LogP contribution in [0.2, 0.25) is 0 Å². The van der Waals surface area contributed by atoms with Gasteiger partial charge in [-0.15, -0.1) is 0 Å². The lowest BCUT2D eigenvalue weighted by Crippen LogP contribution is -2.04. The number of para-hydroxylation sites is 2. The molecule has 2 aromatic heterocycles. The third kappa shape index (κ3) is 2.67. The summed E-state index contributed by atoms with van der Waals surface area (Å²) in [5, 5.41) is 0.424. The molecule has 22 heavy (non-hydrogen) atoms. The third-order valence-corrected chi connectivity index (χ3v) is 4.38. The van der Waals surface area contributed by atoms with Gasteiger partial charge in [0.25, 0.3) is 0 Å². The number of fused-ring (bicyclic) bond motifs is 1. The molecule has 0 bridgehead atoms. The van der Waals surface area contributed by atoms with E-state index in [2.05, 4.69) is 15.0 Å². The average Bonchev–Trinajstić information content (AvgIpc) is 2.98. The normalized spacial score (nSPS) is 12.3. The van der Waals surface area contributed by atoms with E-state index in [4.69, 9.17) is 9.47 Å². The Hall–Kier alpha value is -2.41. The summed E-state index contributed by atoms with van der Waals surface area (Å²) in [7, 11) is 1.73. The van der Waals surface area contributed by atoms with Crippen LogP contribution in [0, 0.1) is 0 Å². The summed E-state index contributed by atoms with van der Waals surface area (Å²) >= 11 is 0. The lowest BCUT2D eigenvalue weighted by molar-refractivity contribution is 0.350. The van der Waals surface area contributed by atoms with Crippen molar-refractivity contribution in [3.05, 3.63) is 42.2 Å². The Kier molecular flexibility index (Phi) is 4.06. The van der Waals surface area contributed by atoms with E-state index in [0.29, 0.717) is 22.3 Å². The van der Waals surface area contributed by atoms with Gasteiger partial charge in [0.1, 0.15) is 0 Å². The van der Waals surface area contributed by atoms with E-state index < -0.39 is 10.8 Å². The first-order chi connectivity index (χ1) is 10.7. The molecule has 1 N–H and O–H groups in total. The van der Waals surface area contributed by atoms with Crippen molar-refractivity contribution in [2.75, 3.05) is 14.2 Å². The molecule has 3 aromatic rings. The number of aromatic nitrogens is 3. The fourth-order valence-electron chi connectivity index (χ4n) is 2.18. The van der Waals surface area contributed by atoms with Gasteiger partial charge in [-0.1, -0.05) is 12.1 Å². The zero-order valence-electron chi connectivity index (χ0n) is 12.2. The number of hydrogen-bond acceptors (Lipinski definition) is 5. The maximum Gasteiger partial charge on any atom is 0.197 e. The Morgan fingerprint density at radius 1 is 1.18 bits per heavy atom. The van der Waals surface area contributed by atoms with E-state index >= 15 is 0 Å². The van der Waals surface area contributed by atoms with Gasteiger partial charge in [0.15, 0.2) is 16.7 Å². The maximum atomic E-state index is 12.5. The van der Waals surface area contributed by atoms with E-state index in [9.17, 15) is 4.21 Å². The van der Waals surface area contributed by atoms with Crippen molar-refractivity contribution in [3.8, 4) is 11.5 Å². The van der Waals surface area contributed by atoms with Crippen molar-refractivity contribution in [1.29, 1.82) is 0 Å². The predicted molar refractivity (Wildman–Crippen MR) is 83.5 cm³/mol. The second-order valence-corrected chi connectivity index (χ2v) is 5.91. The van der Waals surface area contributed by atoms with Crippen molar-refractivity contribution in [2.24, 2.45) is 0 Å². The zero-order chi connectivity index (χ0) is 15.5. The van der Waals surface area contributed by atoms with Gasteiger partial charge in [-0.3, -0.25) is 9.19 Å². The summed E-state index contributed by atoms with van der Waals surface area (Å²) in [6.45, 7) is 0. The molecular formula is C15H15N3O3S. The Balaban J connectivity index is 1.91. The Morgan fingerprint density at radius 3 is 2.73 bits per heavy atom. The summed E-state index contributed by atoms with van der Waals surface area (Å²) in [6, 6.07) is 9.26. The van der Waals surface area contributed by atoms with Crippen LogP contribution in [0.15, 0.2) is 41.7 Å². The second kappa shape index (κ2) is 6.15. The highest BCUT2D eigenvalue weighted by Crippen LogP contribution is 2.30. The van der Waals surface area contributed by atoms with E-state index in [-0.39, 0.29) is 5.75 Å². The number of pyridine rings is 1. The molecular weight excluding hydrogens is 302 g/mol. The second-order valence-electron chi connectivity index (χ2n) is 4.54. The fourth-order valence-corrected chi connectivity index (χ4v) is 3.20. The van der Waals surface area contributed by atoms with Crippen molar-refractivity contribution in [1.82, 2.24) is 15.0 Å². The first-order valence-corrected chi connectivity index (χ1v) is 7.94. The first-order valence-electron chi connectivity index (χ1n) is 6.62. The number of methoxy groups -OCH3 is 2. The molecule has 0 spiro atoms. The minimum Gasteiger partial charge on any atom is -0.493 e. The number of rotatable bonds is 5. The first kappa shape index (κ1) is 14.5. The number of nitrogens with zero attached hydrogens (tertiary/aromatic N) is 2. The van der Waals surface area contributed by atoms with Crippen molar-refractivity contribution < 1.29 is 13.7 Å². The molecule has 0 unspecified atom stereocenters. The summed E-state index contributed by atoms with van der Waals surface area (Å²) in [6.07, 6.45) is 1.60. The molecule has 6 nitrogen and oxygen atoms in total. The predicted octanol–water partition coefficient (Wildman–Crippen LogP) is 2.28. The van der Waals surface area contributed by atoms with Gasteiger partial charge in [0, 0.05) is 12.3 Å². The van der Waals surface area contributed by atoms with Gasteiger partial charge < -0.3 is 14.5 Å². The number of hydrogen-bond donors (Lipinski definition) is 1. The number of aromatic amines is 1. The lowest BCUT2D eigenvalue weighted by atomic mass is 10.3. The smallest absolute Gasteiger partial charge is 0.197 e. The summed E-state index contributed by atoms with van der Waals surface area (Å²) in [4.78, 5) is 11.7. The summed E-state index contributed by atoms with van der Waals surface area (Å²) < 4.78 is 23.1. The average molecular weight is 317 g/mol. The summed E-state index contributed by atoms with van der Waals surface area (Å²) in [5.41, 5.74) is 2.22. The van der Waals surface area contributed by atoms with Crippen molar-refractivity contribution in [3.63, 3.8) is 0 Å².